The van der Waals surface area contributed by atoms with E-state index < -0.39 is 9.84 Å². The molecule has 6 heteroatoms. The molecular weight excluding hydrogens is 338 g/mol. The maximum atomic E-state index is 12.3. The summed E-state index contributed by atoms with van der Waals surface area (Å²) < 4.78 is 29.1. The number of sulfone groups is 1. The maximum Gasteiger partial charge on any atom is 0.255 e. The van der Waals surface area contributed by atoms with E-state index in [0.29, 0.717) is 11.3 Å². The van der Waals surface area contributed by atoms with Gasteiger partial charge in [-0.1, -0.05) is 6.07 Å². The van der Waals surface area contributed by atoms with Crippen LogP contribution in [0.2, 0.25) is 0 Å². The first-order valence-corrected chi connectivity index (χ1v) is 10.2. The molecule has 0 radical (unpaired) electrons. The van der Waals surface area contributed by atoms with Crippen LogP contribution in [0.1, 0.15) is 36.0 Å². The predicted octanol–water partition coefficient (Wildman–Crippen LogP) is 3.66. The highest BCUT2D eigenvalue weighted by atomic mass is 32.2. The molecule has 25 heavy (non-hydrogen) atoms. The van der Waals surface area contributed by atoms with Gasteiger partial charge in [-0.15, -0.1) is 0 Å². The highest BCUT2D eigenvalue weighted by molar-refractivity contribution is 7.90. The van der Waals surface area contributed by atoms with Crippen molar-refractivity contribution < 1.29 is 17.9 Å². The topological polar surface area (TPSA) is 72.5 Å². The lowest BCUT2D eigenvalue weighted by atomic mass is 10.2. The number of ether oxygens (including phenoxy) is 1. The first kappa shape index (κ1) is 17.5. The molecule has 1 N–H and O–H groups in total. The number of hydrogen-bond acceptors (Lipinski definition) is 4. The van der Waals surface area contributed by atoms with Crippen LogP contribution < -0.4 is 10.1 Å². The normalized spacial score (nSPS) is 15.1. The lowest BCUT2D eigenvalue weighted by Gasteiger charge is -2.13. The molecule has 1 aliphatic carbocycles. The minimum Gasteiger partial charge on any atom is -0.490 e. The van der Waals surface area contributed by atoms with Crippen molar-refractivity contribution in [3.63, 3.8) is 0 Å². The van der Waals surface area contributed by atoms with Gasteiger partial charge in [-0.2, -0.15) is 0 Å². The van der Waals surface area contributed by atoms with Gasteiger partial charge in [0.2, 0.25) is 0 Å². The first-order valence-electron chi connectivity index (χ1n) is 8.30. The van der Waals surface area contributed by atoms with Crippen LogP contribution in [-0.4, -0.2) is 26.7 Å². The van der Waals surface area contributed by atoms with Gasteiger partial charge < -0.3 is 10.1 Å². The Balaban J connectivity index is 1.67. The van der Waals surface area contributed by atoms with Crippen molar-refractivity contribution in [3.8, 4) is 5.75 Å². The summed E-state index contributed by atoms with van der Waals surface area (Å²) in [5.74, 6) is 0.473. The van der Waals surface area contributed by atoms with Crippen LogP contribution in [0.5, 0.6) is 5.75 Å². The molecule has 1 fully saturated rings. The number of anilines is 1. The predicted molar refractivity (Wildman–Crippen MR) is 96.8 cm³/mol. The molecule has 1 aliphatic rings. The van der Waals surface area contributed by atoms with E-state index in [1.807, 2.05) is 0 Å². The van der Waals surface area contributed by atoms with E-state index in [0.717, 1.165) is 24.8 Å². The Morgan fingerprint density at radius 2 is 1.76 bits per heavy atom. The Labute approximate surface area is 147 Å². The van der Waals surface area contributed by atoms with Gasteiger partial charge in [0.05, 0.1) is 11.0 Å². The molecule has 0 unspecified atom stereocenters. The third-order valence-corrected chi connectivity index (χ3v) is 5.35. The third-order valence-electron chi connectivity index (χ3n) is 4.24. The van der Waals surface area contributed by atoms with E-state index in [1.54, 1.807) is 36.4 Å². The van der Waals surface area contributed by atoms with E-state index in [4.69, 9.17) is 4.74 Å². The molecule has 2 aromatic rings. The SMILES string of the molecule is CS(=O)(=O)c1cccc(NC(=O)c2ccc(OC3CCCC3)cc2)c1. The Kier molecular flexibility index (Phi) is 5.08. The second-order valence-corrected chi connectivity index (χ2v) is 8.32. The molecule has 0 aliphatic heterocycles. The number of rotatable bonds is 5. The van der Waals surface area contributed by atoms with Gasteiger partial charge in [-0.3, -0.25) is 4.79 Å². The van der Waals surface area contributed by atoms with E-state index in [2.05, 4.69) is 5.32 Å². The van der Waals surface area contributed by atoms with Crippen LogP contribution >= 0.6 is 0 Å². The standard InChI is InChI=1S/C19H21NO4S/c1-25(22,23)18-8-4-5-15(13-18)20-19(21)14-9-11-17(12-10-14)24-16-6-2-3-7-16/h4-5,8-13,16H,2-3,6-7H2,1H3,(H,20,21). The Morgan fingerprint density at radius 1 is 1.08 bits per heavy atom. The molecule has 5 nitrogen and oxygen atoms in total. The molecule has 1 saturated carbocycles. The average molecular weight is 359 g/mol. The fourth-order valence-corrected chi connectivity index (χ4v) is 3.56. The van der Waals surface area contributed by atoms with E-state index >= 15 is 0 Å². The highest BCUT2D eigenvalue weighted by Crippen LogP contribution is 2.24. The monoisotopic (exact) mass is 359 g/mol. The van der Waals surface area contributed by atoms with Crippen LogP contribution in [0.15, 0.2) is 53.4 Å². The lowest BCUT2D eigenvalue weighted by molar-refractivity contribution is 0.102. The molecule has 3 rings (SSSR count). The van der Waals surface area contributed by atoms with Gasteiger partial charge in [0.15, 0.2) is 9.84 Å². The molecule has 0 spiro atoms. The molecule has 0 aromatic heterocycles. The summed E-state index contributed by atoms with van der Waals surface area (Å²) in [6.45, 7) is 0. The summed E-state index contributed by atoms with van der Waals surface area (Å²) in [4.78, 5) is 12.5. The Hall–Kier alpha value is -2.34. The van der Waals surface area contributed by atoms with Gasteiger partial charge in [-0.05, 0) is 68.1 Å². The lowest BCUT2D eigenvalue weighted by Crippen LogP contribution is -2.13. The van der Waals surface area contributed by atoms with Gasteiger partial charge in [0, 0.05) is 17.5 Å². The second-order valence-electron chi connectivity index (χ2n) is 6.30. The number of carbonyl (C=O) groups is 1. The molecule has 132 valence electrons. The van der Waals surface area contributed by atoms with Gasteiger partial charge in [0.1, 0.15) is 5.75 Å². The van der Waals surface area contributed by atoms with Crippen LogP contribution in [0.25, 0.3) is 0 Å². The van der Waals surface area contributed by atoms with Crippen LogP contribution in [0.4, 0.5) is 5.69 Å². The molecule has 0 saturated heterocycles. The van der Waals surface area contributed by atoms with Crippen molar-refractivity contribution in [2.45, 2.75) is 36.7 Å². The number of carbonyl (C=O) groups excluding carboxylic acids is 1. The summed E-state index contributed by atoms with van der Waals surface area (Å²) in [5.41, 5.74) is 0.933. The Bertz CT molecular complexity index is 853. The van der Waals surface area contributed by atoms with Crippen molar-refractivity contribution in [1.82, 2.24) is 0 Å². The molecule has 1 amide bonds. The molecule has 2 aromatic carbocycles. The van der Waals surface area contributed by atoms with Gasteiger partial charge in [-0.25, -0.2) is 8.42 Å². The zero-order valence-corrected chi connectivity index (χ0v) is 14.9. The first-order chi connectivity index (χ1) is 11.9. The smallest absolute Gasteiger partial charge is 0.255 e. The van der Waals surface area contributed by atoms with Crippen molar-refractivity contribution in [2.75, 3.05) is 11.6 Å². The maximum absolute atomic E-state index is 12.3. The van der Waals surface area contributed by atoms with Crippen molar-refractivity contribution in [2.24, 2.45) is 0 Å². The fraction of sp³-hybridized carbons (Fsp3) is 0.316. The minimum atomic E-state index is -3.31. The number of nitrogens with one attached hydrogen (secondary N) is 1. The zero-order valence-electron chi connectivity index (χ0n) is 14.1. The second kappa shape index (κ2) is 7.27. The quantitative estimate of drug-likeness (QED) is 0.884. The van der Waals surface area contributed by atoms with Crippen molar-refractivity contribution in [1.29, 1.82) is 0 Å². The third kappa shape index (κ3) is 4.60. The number of hydrogen-bond donors (Lipinski definition) is 1. The summed E-state index contributed by atoms with van der Waals surface area (Å²) >= 11 is 0. The summed E-state index contributed by atoms with van der Waals surface area (Å²) in [7, 11) is -3.31. The van der Waals surface area contributed by atoms with Crippen LogP contribution in [-0.2, 0) is 9.84 Å². The number of amides is 1. The van der Waals surface area contributed by atoms with E-state index in [-0.39, 0.29) is 16.9 Å². The summed E-state index contributed by atoms with van der Waals surface area (Å²) in [6, 6.07) is 13.2. The summed E-state index contributed by atoms with van der Waals surface area (Å²) in [6.07, 6.45) is 5.99. The average Bonchev–Trinajstić information content (AvgIpc) is 3.08. The fourth-order valence-electron chi connectivity index (χ4n) is 2.89. The van der Waals surface area contributed by atoms with E-state index in [1.165, 1.54) is 25.0 Å². The molecule has 0 bridgehead atoms. The minimum absolute atomic E-state index is 0.172. The molecule has 0 heterocycles. The Morgan fingerprint density at radius 3 is 2.40 bits per heavy atom. The van der Waals surface area contributed by atoms with E-state index in [9.17, 15) is 13.2 Å². The largest absolute Gasteiger partial charge is 0.490 e. The van der Waals surface area contributed by atoms with Crippen molar-refractivity contribution >= 4 is 21.4 Å². The van der Waals surface area contributed by atoms with Gasteiger partial charge in [0.25, 0.3) is 5.91 Å². The zero-order chi connectivity index (χ0) is 17.9. The highest BCUT2D eigenvalue weighted by Gasteiger charge is 2.16. The molecule has 0 atom stereocenters. The molecular formula is C19H21NO4S. The summed E-state index contributed by atoms with van der Waals surface area (Å²) in [5, 5.41) is 2.72. The van der Waals surface area contributed by atoms with Crippen LogP contribution in [0, 0.1) is 0 Å². The number of benzene rings is 2. The van der Waals surface area contributed by atoms with Crippen LogP contribution in [0.3, 0.4) is 0 Å². The van der Waals surface area contributed by atoms with Gasteiger partial charge >= 0.3 is 0 Å². The van der Waals surface area contributed by atoms with Crippen molar-refractivity contribution in [3.05, 3.63) is 54.1 Å².